The summed E-state index contributed by atoms with van der Waals surface area (Å²) in [5.41, 5.74) is 5.38. The lowest BCUT2D eigenvalue weighted by Crippen LogP contribution is -2.16. The molecule has 1 N–H and O–H groups in total. The van der Waals surface area contributed by atoms with E-state index in [-0.39, 0.29) is 0 Å². The van der Waals surface area contributed by atoms with Crippen molar-refractivity contribution < 1.29 is 0 Å². The first-order chi connectivity index (χ1) is 9.54. The maximum atomic E-state index is 4.61. The van der Waals surface area contributed by atoms with E-state index in [0.717, 1.165) is 29.3 Å². The molecule has 0 aromatic carbocycles. The van der Waals surface area contributed by atoms with Gasteiger partial charge < -0.3 is 5.32 Å². The number of nitrogens with zero attached hydrogens (tertiary/aromatic N) is 4. The Morgan fingerprint density at radius 3 is 2.40 bits per heavy atom. The highest BCUT2D eigenvalue weighted by Crippen LogP contribution is 2.21. The quantitative estimate of drug-likeness (QED) is 0.925. The van der Waals surface area contributed by atoms with Crippen molar-refractivity contribution in [2.24, 2.45) is 0 Å². The van der Waals surface area contributed by atoms with Crippen LogP contribution in [-0.2, 0) is 6.54 Å². The van der Waals surface area contributed by atoms with Crippen molar-refractivity contribution >= 4 is 0 Å². The minimum atomic E-state index is 0.667. The first-order valence-electron chi connectivity index (χ1n) is 7.15. The molecule has 0 amide bonds. The van der Waals surface area contributed by atoms with Gasteiger partial charge in [0.1, 0.15) is 0 Å². The molecule has 20 heavy (non-hydrogen) atoms. The molecule has 5 nitrogen and oxygen atoms in total. The monoisotopic (exact) mass is 271 g/mol. The van der Waals surface area contributed by atoms with E-state index in [2.05, 4.69) is 34.2 Å². The lowest BCUT2D eigenvalue weighted by atomic mass is 10.2. The van der Waals surface area contributed by atoms with Gasteiger partial charge in [0, 0.05) is 35.2 Å². The highest BCUT2D eigenvalue weighted by molar-refractivity contribution is 5.30. The maximum Gasteiger partial charge on any atom is 0.251 e. The van der Waals surface area contributed by atoms with Gasteiger partial charge in [-0.2, -0.15) is 5.10 Å². The van der Waals surface area contributed by atoms with E-state index in [9.17, 15) is 0 Å². The fourth-order valence-corrected chi connectivity index (χ4v) is 2.46. The lowest BCUT2D eigenvalue weighted by molar-refractivity contribution is 0.681. The fourth-order valence-electron chi connectivity index (χ4n) is 2.46. The van der Waals surface area contributed by atoms with Gasteiger partial charge in [-0.05, 0) is 46.6 Å². The summed E-state index contributed by atoms with van der Waals surface area (Å²) in [6, 6.07) is 2.68. The van der Waals surface area contributed by atoms with Crippen molar-refractivity contribution in [2.45, 2.75) is 53.1 Å². The van der Waals surface area contributed by atoms with E-state index in [4.69, 9.17) is 0 Å². The molecule has 0 aliphatic heterocycles. The number of aryl methyl sites for hydroxylation is 3. The highest BCUT2D eigenvalue weighted by Gasteiger charge is 2.22. The van der Waals surface area contributed by atoms with E-state index in [1.54, 1.807) is 0 Å². The van der Waals surface area contributed by atoms with E-state index in [0.29, 0.717) is 12.0 Å². The summed E-state index contributed by atoms with van der Waals surface area (Å²) in [5, 5.41) is 8.16. The van der Waals surface area contributed by atoms with E-state index >= 15 is 0 Å². The molecule has 1 fully saturated rings. The first kappa shape index (κ1) is 13.2. The Bertz CT molecular complexity index is 620. The molecule has 0 unspecified atom stereocenters. The van der Waals surface area contributed by atoms with E-state index in [1.165, 1.54) is 18.4 Å². The third-order valence-corrected chi connectivity index (χ3v) is 3.75. The fraction of sp³-hybridized carbons (Fsp3) is 0.533. The van der Waals surface area contributed by atoms with Crippen molar-refractivity contribution in [3.63, 3.8) is 0 Å². The van der Waals surface area contributed by atoms with Crippen LogP contribution in [0.25, 0.3) is 5.95 Å². The van der Waals surface area contributed by atoms with Crippen LogP contribution in [0.1, 0.15) is 41.2 Å². The summed E-state index contributed by atoms with van der Waals surface area (Å²) in [6.45, 7) is 8.99. The van der Waals surface area contributed by atoms with E-state index < -0.39 is 0 Å². The van der Waals surface area contributed by atoms with Gasteiger partial charge >= 0.3 is 0 Å². The number of aromatic nitrogens is 4. The van der Waals surface area contributed by atoms with Crippen molar-refractivity contribution in [1.29, 1.82) is 0 Å². The topological polar surface area (TPSA) is 55.6 Å². The Kier molecular flexibility index (Phi) is 3.30. The summed E-state index contributed by atoms with van der Waals surface area (Å²) in [6.07, 6.45) is 2.60. The second kappa shape index (κ2) is 4.98. The van der Waals surface area contributed by atoms with Gasteiger partial charge in [-0.25, -0.2) is 14.6 Å². The Labute approximate surface area is 119 Å². The zero-order chi connectivity index (χ0) is 14.3. The molecule has 1 aliphatic carbocycles. The van der Waals surface area contributed by atoms with Gasteiger partial charge in [-0.3, -0.25) is 0 Å². The molecule has 0 spiro atoms. The summed E-state index contributed by atoms with van der Waals surface area (Å²) >= 11 is 0. The molecule has 2 aromatic rings. The van der Waals surface area contributed by atoms with Crippen molar-refractivity contribution in [1.82, 2.24) is 25.1 Å². The Morgan fingerprint density at radius 1 is 1.15 bits per heavy atom. The molecule has 3 rings (SSSR count). The highest BCUT2D eigenvalue weighted by atomic mass is 15.4. The predicted molar refractivity (Wildman–Crippen MR) is 78.0 cm³/mol. The van der Waals surface area contributed by atoms with Crippen LogP contribution >= 0.6 is 0 Å². The SMILES string of the molecule is Cc1cc(C)nc(-n2nc(C)c(CNC3CC3)c2C)n1. The molecule has 1 saturated carbocycles. The Morgan fingerprint density at radius 2 is 1.80 bits per heavy atom. The zero-order valence-corrected chi connectivity index (χ0v) is 12.6. The second-order valence-corrected chi connectivity index (χ2v) is 5.67. The minimum Gasteiger partial charge on any atom is -0.310 e. The summed E-state index contributed by atoms with van der Waals surface area (Å²) < 4.78 is 1.86. The van der Waals surface area contributed by atoms with Gasteiger partial charge in [0.05, 0.1) is 5.69 Å². The molecular formula is C15H21N5. The zero-order valence-electron chi connectivity index (χ0n) is 12.6. The van der Waals surface area contributed by atoms with Gasteiger partial charge in [0.15, 0.2) is 0 Å². The predicted octanol–water partition coefficient (Wildman–Crippen LogP) is 2.15. The average molecular weight is 271 g/mol. The molecule has 1 aliphatic rings. The average Bonchev–Trinajstić information content (AvgIpc) is 3.14. The van der Waals surface area contributed by atoms with Crippen LogP contribution in [0.15, 0.2) is 6.07 Å². The third kappa shape index (κ3) is 2.58. The van der Waals surface area contributed by atoms with E-state index in [1.807, 2.05) is 24.6 Å². The molecule has 2 aromatic heterocycles. The van der Waals surface area contributed by atoms with Gasteiger partial charge in [0.25, 0.3) is 5.95 Å². The van der Waals surface area contributed by atoms with Crippen LogP contribution < -0.4 is 5.32 Å². The van der Waals surface area contributed by atoms with Gasteiger partial charge in [0.2, 0.25) is 0 Å². The largest absolute Gasteiger partial charge is 0.310 e. The van der Waals surface area contributed by atoms with Crippen LogP contribution in [0.5, 0.6) is 0 Å². The minimum absolute atomic E-state index is 0.667. The van der Waals surface area contributed by atoms with Crippen LogP contribution in [0.4, 0.5) is 0 Å². The van der Waals surface area contributed by atoms with Crippen molar-refractivity contribution in [3.8, 4) is 5.95 Å². The van der Waals surface area contributed by atoms with Gasteiger partial charge in [-0.15, -0.1) is 0 Å². The number of hydrogen-bond acceptors (Lipinski definition) is 4. The molecule has 2 heterocycles. The molecule has 0 radical (unpaired) electrons. The van der Waals surface area contributed by atoms with Crippen LogP contribution in [0.2, 0.25) is 0 Å². The molecular weight excluding hydrogens is 250 g/mol. The molecule has 106 valence electrons. The normalized spacial score (nSPS) is 14.8. The first-order valence-corrected chi connectivity index (χ1v) is 7.15. The third-order valence-electron chi connectivity index (χ3n) is 3.75. The van der Waals surface area contributed by atoms with Crippen molar-refractivity contribution in [2.75, 3.05) is 0 Å². The Balaban J connectivity index is 1.94. The smallest absolute Gasteiger partial charge is 0.251 e. The standard InChI is InChI=1S/C15H21N5/c1-9-7-10(2)18-15(17-9)20-12(4)14(11(3)19-20)8-16-13-5-6-13/h7,13,16H,5-6,8H2,1-4H3. The molecule has 5 heteroatoms. The van der Waals surface area contributed by atoms with Crippen molar-refractivity contribution in [3.05, 3.63) is 34.4 Å². The number of hydrogen-bond donors (Lipinski definition) is 1. The van der Waals surface area contributed by atoms with Crippen LogP contribution in [-0.4, -0.2) is 25.8 Å². The number of nitrogens with one attached hydrogen (secondary N) is 1. The molecule has 0 atom stereocenters. The lowest BCUT2D eigenvalue weighted by Gasteiger charge is -2.06. The summed E-state index contributed by atoms with van der Waals surface area (Å²) in [4.78, 5) is 8.99. The number of rotatable bonds is 4. The Hall–Kier alpha value is -1.75. The summed E-state index contributed by atoms with van der Waals surface area (Å²) in [7, 11) is 0. The van der Waals surface area contributed by atoms with Crippen LogP contribution in [0.3, 0.4) is 0 Å². The van der Waals surface area contributed by atoms with Crippen LogP contribution in [0, 0.1) is 27.7 Å². The second-order valence-electron chi connectivity index (χ2n) is 5.67. The molecule has 0 saturated heterocycles. The maximum absolute atomic E-state index is 4.61. The summed E-state index contributed by atoms with van der Waals surface area (Å²) in [5.74, 6) is 0.667. The molecule has 0 bridgehead atoms. The van der Waals surface area contributed by atoms with Gasteiger partial charge in [-0.1, -0.05) is 0 Å².